The molecule has 7 heteroatoms. The normalized spacial score (nSPS) is 12.2. The lowest BCUT2D eigenvalue weighted by Crippen LogP contribution is -2.17. The number of amides is 1. The number of aromatic nitrogens is 2. The number of carbonyl (C=O) groups is 1. The van der Waals surface area contributed by atoms with Gasteiger partial charge in [-0.05, 0) is 6.07 Å². The minimum Gasteiger partial charge on any atom is -0.506 e. The molecule has 4 N–H and O–H groups in total. The third-order valence-corrected chi connectivity index (χ3v) is 2.84. The van der Waals surface area contributed by atoms with Crippen LogP contribution in [0.15, 0.2) is 29.7 Å². The lowest BCUT2D eigenvalue weighted by atomic mass is 10.1. The minimum absolute atomic E-state index is 0.0533. The number of hydrogen-bond donors (Lipinski definition) is 3. The van der Waals surface area contributed by atoms with Crippen molar-refractivity contribution in [2.24, 2.45) is 10.7 Å². The van der Waals surface area contributed by atoms with Gasteiger partial charge in [-0.25, -0.2) is 4.52 Å². The van der Waals surface area contributed by atoms with Gasteiger partial charge in [-0.3, -0.25) is 9.79 Å². The fourth-order valence-electron chi connectivity index (χ4n) is 1.91. The Morgan fingerprint density at radius 3 is 2.95 bits per heavy atom. The van der Waals surface area contributed by atoms with Crippen LogP contribution in [0.5, 0.6) is 5.75 Å². The summed E-state index contributed by atoms with van der Waals surface area (Å²) in [6.07, 6.45) is 6.03. The van der Waals surface area contributed by atoms with Crippen molar-refractivity contribution < 1.29 is 9.90 Å². The number of rotatable bonds is 3. The van der Waals surface area contributed by atoms with Crippen LogP contribution in [0, 0.1) is 0 Å². The van der Waals surface area contributed by atoms with Gasteiger partial charge in [-0.15, -0.1) is 0 Å². The standard InChI is InChI=1S/C13H15N5O2/c1-15-5-9(4-14)8-3-11(19)12-10(13(20)16-2)6-17-18(12)7-8/h3-7,19H,14H2,1-2H3,(H,16,20). The predicted molar refractivity (Wildman–Crippen MR) is 76.8 cm³/mol. The van der Waals surface area contributed by atoms with Crippen LogP contribution in [0.4, 0.5) is 0 Å². The Balaban J connectivity index is 2.64. The number of carbonyl (C=O) groups excluding carboxylic acids is 1. The highest BCUT2D eigenvalue weighted by atomic mass is 16.3. The van der Waals surface area contributed by atoms with E-state index in [9.17, 15) is 9.90 Å². The molecule has 0 atom stereocenters. The van der Waals surface area contributed by atoms with Gasteiger partial charge in [-0.2, -0.15) is 5.10 Å². The van der Waals surface area contributed by atoms with Crippen molar-refractivity contribution in [2.75, 3.05) is 14.1 Å². The van der Waals surface area contributed by atoms with Crippen molar-refractivity contribution in [1.29, 1.82) is 0 Å². The maximum atomic E-state index is 11.7. The Bertz CT molecular complexity index is 715. The summed E-state index contributed by atoms with van der Waals surface area (Å²) in [6.45, 7) is 0. The predicted octanol–water partition coefficient (Wildman–Crippen LogP) is 0.400. The fourth-order valence-corrected chi connectivity index (χ4v) is 1.91. The topological polar surface area (TPSA) is 105 Å². The zero-order chi connectivity index (χ0) is 14.7. The molecule has 2 rings (SSSR count). The van der Waals surface area contributed by atoms with Crippen LogP contribution in [0.1, 0.15) is 15.9 Å². The molecule has 104 valence electrons. The van der Waals surface area contributed by atoms with Gasteiger partial charge in [0.2, 0.25) is 0 Å². The van der Waals surface area contributed by atoms with E-state index in [2.05, 4.69) is 15.4 Å². The molecule has 0 fully saturated rings. The number of nitrogens with one attached hydrogen (secondary N) is 1. The summed E-state index contributed by atoms with van der Waals surface area (Å²) in [7, 11) is 3.14. The lowest BCUT2D eigenvalue weighted by Gasteiger charge is -2.06. The Labute approximate surface area is 115 Å². The van der Waals surface area contributed by atoms with Crippen LogP contribution in [0.2, 0.25) is 0 Å². The van der Waals surface area contributed by atoms with Gasteiger partial charge in [0, 0.05) is 43.8 Å². The average Bonchev–Trinajstić information content (AvgIpc) is 2.88. The van der Waals surface area contributed by atoms with Crippen LogP contribution < -0.4 is 11.1 Å². The SMILES string of the molecule is CN=CC(=CN)c1cc(O)c2c(C(=O)NC)cnn2c1. The number of hydrogen-bond acceptors (Lipinski definition) is 5. The van der Waals surface area contributed by atoms with Crippen LogP contribution in [-0.2, 0) is 0 Å². The fraction of sp³-hybridized carbons (Fsp3) is 0.154. The zero-order valence-corrected chi connectivity index (χ0v) is 11.2. The number of nitrogens with zero attached hydrogens (tertiary/aromatic N) is 3. The maximum Gasteiger partial charge on any atom is 0.255 e. The van der Waals surface area contributed by atoms with Crippen molar-refractivity contribution in [2.45, 2.75) is 0 Å². The van der Waals surface area contributed by atoms with Crippen LogP contribution >= 0.6 is 0 Å². The van der Waals surface area contributed by atoms with Gasteiger partial charge in [0.15, 0.2) is 0 Å². The van der Waals surface area contributed by atoms with Crippen LogP contribution in [-0.4, -0.2) is 40.9 Å². The quantitative estimate of drug-likeness (QED) is 0.704. The molecule has 0 spiro atoms. The first-order chi connectivity index (χ1) is 9.62. The van der Waals surface area contributed by atoms with Crippen molar-refractivity contribution >= 4 is 23.2 Å². The van der Waals surface area contributed by atoms with E-state index in [0.717, 1.165) is 0 Å². The van der Waals surface area contributed by atoms with Crippen molar-refractivity contribution in [3.8, 4) is 5.75 Å². The van der Waals surface area contributed by atoms with Gasteiger partial charge in [0.05, 0.1) is 11.8 Å². The van der Waals surface area contributed by atoms with E-state index in [1.165, 1.54) is 30.0 Å². The van der Waals surface area contributed by atoms with E-state index in [1.807, 2.05) is 0 Å². The number of pyridine rings is 1. The van der Waals surface area contributed by atoms with Crippen molar-refractivity contribution in [3.05, 3.63) is 35.8 Å². The van der Waals surface area contributed by atoms with Gasteiger partial charge in [0.25, 0.3) is 5.91 Å². The molecule has 0 unspecified atom stereocenters. The Hall–Kier alpha value is -2.83. The van der Waals surface area contributed by atoms with Gasteiger partial charge in [-0.1, -0.05) is 0 Å². The molecule has 0 bridgehead atoms. The second-order valence-electron chi connectivity index (χ2n) is 4.05. The number of allylic oxidation sites excluding steroid dienone is 1. The smallest absolute Gasteiger partial charge is 0.255 e. The van der Waals surface area contributed by atoms with E-state index >= 15 is 0 Å². The van der Waals surface area contributed by atoms with E-state index < -0.39 is 0 Å². The molecule has 7 nitrogen and oxygen atoms in total. The molecule has 0 aliphatic rings. The molecule has 0 saturated carbocycles. The number of aromatic hydroxyl groups is 1. The van der Waals surface area contributed by atoms with E-state index in [4.69, 9.17) is 5.73 Å². The zero-order valence-electron chi connectivity index (χ0n) is 11.2. The van der Waals surface area contributed by atoms with Crippen molar-refractivity contribution in [3.63, 3.8) is 0 Å². The van der Waals surface area contributed by atoms with Crippen molar-refractivity contribution in [1.82, 2.24) is 14.9 Å². The molecule has 2 aromatic heterocycles. The molecule has 0 radical (unpaired) electrons. The second kappa shape index (κ2) is 5.43. The minimum atomic E-state index is -0.312. The molecule has 20 heavy (non-hydrogen) atoms. The van der Waals surface area contributed by atoms with E-state index in [1.54, 1.807) is 19.5 Å². The molecule has 1 amide bonds. The summed E-state index contributed by atoms with van der Waals surface area (Å²) in [6, 6.07) is 1.52. The average molecular weight is 273 g/mol. The first kappa shape index (κ1) is 13.6. The number of fused-ring (bicyclic) bond motifs is 1. The molecule has 0 aliphatic carbocycles. The summed E-state index contributed by atoms with van der Waals surface area (Å²) in [4.78, 5) is 15.6. The summed E-state index contributed by atoms with van der Waals surface area (Å²) >= 11 is 0. The van der Waals surface area contributed by atoms with E-state index in [0.29, 0.717) is 22.2 Å². The molecule has 0 aliphatic heterocycles. The Kier molecular flexibility index (Phi) is 3.69. The molecule has 0 aromatic carbocycles. The lowest BCUT2D eigenvalue weighted by molar-refractivity contribution is 0.0964. The number of aliphatic imine (C=N–C) groups is 1. The van der Waals surface area contributed by atoms with Crippen LogP contribution in [0.3, 0.4) is 0 Å². The summed E-state index contributed by atoms with van der Waals surface area (Å²) in [5.41, 5.74) is 7.47. The molecular weight excluding hydrogens is 258 g/mol. The highest BCUT2D eigenvalue weighted by Crippen LogP contribution is 2.26. The second-order valence-corrected chi connectivity index (χ2v) is 4.05. The summed E-state index contributed by atoms with van der Waals surface area (Å²) in [5.74, 6) is -0.366. The first-order valence-corrected chi connectivity index (χ1v) is 5.89. The maximum absolute atomic E-state index is 11.7. The van der Waals surface area contributed by atoms with Crippen LogP contribution in [0.25, 0.3) is 11.1 Å². The molecule has 2 aromatic rings. The molecular formula is C13H15N5O2. The van der Waals surface area contributed by atoms with Gasteiger partial charge in [0.1, 0.15) is 11.3 Å². The third kappa shape index (κ3) is 2.20. The largest absolute Gasteiger partial charge is 0.506 e. The first-order valence-electron chi connectivity index (χ1n) is 5.89. The summed E-state index contributed by atoms with van der Waals surface area (Å²) < 4.78 is 1.43. The Morgan fingerprint density at radius 1 is 1.60 bits per heavy atom. The Morgan fingerprint density at radius 2 is 2.35 bits per heavy atom. The van der Waals surface area contributed by atoms with E-state index in [-0.39, 0.29) is 11.7 Å². The highest BCUT2D eigenvalue weighted by Gasteiger charge is 2.16. The van der Waals surface area contributed by atoms with Gasteiger partial charge < -0.3 is 16.2 Å². The molecule has 0 saturated heterocycles. The third-order valence-electron chi connectivity index (χ3n) is 2.84. The monoisotopic (exact) mass is 273 g/mol. The summed E-state index contributed by atoms with van der Waals surface area (Å²) in [5, 5.41) is 16.7. The number of nitrogens with two attached hydrogens (primary N) is 1. The van der Waals surface area contributed by atoms with Gasteiger partial charge >= 0.3 is 0 Å². The molecule has 2 heterocycles. The highest BCUT2D eigenvalue weighted by molar-refractivity contribution is 6.10.